The van der Waals surface area contributed by atoms with Crippen LogP contribution in [0, 0.1) is 6.92 Å². The van der Waals surface area contributed by atoms with E-state index in [2.05, 4.69) is 20.8 Å². The molecule has 1 aromatic carbocycles. The Labute approximate surface area is 139 Å². The summed E-state index contributed by atoms with van der Waals surface area (Å²) in [5.74, 6) is 0.669. The molecule has 0 saturated heterocycles. The van der Waals surface area contributed by atoms with Crippen molar-refractivity contribution in [2.24, 2.45) is 0 Å². The lowest BCUT2D eigenvalue weighted by molar-refractivity contribution is 0.251. The monoisotopic (exact) mass is 328 g/mol. The Balaban J connectivity index is 1.68. The van der Waals surface area contributed by atoms with Crippen molar-refractivity contribution in [3.8, 4) is 0 Å². The summed E-state index contributed by atoms with van der Waals surface area (Å²) in [7, 11) is 0. The smallest absolute Gasteiger partial charge is 0.319 e. The van der Waals surface area contributed by atoms with E-state index in [4.69, 9.17) is 8.94 Å². The van der Waals surface area contributed by atoms with Crippen LogP contribution in [0.1, 0.15) is 37.9 Å². The van der Waals surface area contributed by atoms with Crippen molar-refractivity contribution in [3.05, 3.63) is 41.6 Å². The Kier molecular flexibility index (Phi) is 4.01. The number of aryl methyl sites for hydroxylation is 1. The Bertz CT molecular complexity index is 873. The van der Waals surface area contributed by atoms with Crippen LogP contribution in [0.3, 0.4) is 0 Å². The molecule has 0 saturated carbocycles. The van der Waals surface area contributed by atoms with Gasteiger partial charge in [0.1, 0.15) is 11.8 Å². The van der Waals surface area contributed by atoms with Crippen molar-refractivity contribution in [2.45, 2.75) is 39.7 Å². The molecule has 2 heterocycles. The van der Waals surface area contributed by atoms with Gasteiger partial charge in [0.05, 0.1) is 5.69 Å². The molecule has 2 amide bonds. The second-order valence-corrected chi connectivity index (χ2v) is 6.68. The van der Waals surface area contributed by atoms with Crippen molar-refractivity contribution in [1.82, 2.24) is 15.5 Å². The largest absolute Gasteiger partial charge is 0.440 e. The van der Waals surface area contributed by atoms with E-state index >= 15 is 0 Å². The lowest BCUT2D eigenvalue weighted by atomic mass is 9.97. The summed E-state index contributed by atoms with van der Waals surface area (Å²) in [6, 6.07) is 5.06. The molecule has 0 aliphatic rings. The highest BCUT2D eigenvalue weighted by atomic mass is 16.5. The van der Waals surface area contributed by atoms with Gasteiger partial charge in [0.2, 0.25) is 5.89 Å². The molecular weight excluding hydrogens is 308 g/mol. The number of oxazole rings is 1. The molecule has 0 fully saturated rings. The van der Waals surface area contributed by atoms with Crippen LogP contribution in [0.15, 0.2) is 33.4 Å². The van der Waals surface area contributed by atoms with Gasteiger partial charge in [-0.2, -0.15) is 0 Å². The average Bonchev–Trinajstić information content (AvgIpc) is 3.10. The minimum atomic E-state index is -0.311. The van der Waals surface area contributed by atoms with Crippen molar-refractivity contribution in [1.29, 1.82) is 0 Å². The Morgan fingerprint density at radius 3 is 2.75 bits per heavy atom. The quantitative estimate of drug-likeness (QED) is 0.764. The highest BCUT2D eigenvalue weighted by Gasteiger charge is 2.21. The van der Waals surface area contributed by atoms with Crippen LogP contribution in [-0.4, -0.2) is 16.2 Å². The van der Waals surface area contributed by atoms with E-state index in [1.807, 2.05) is 27.7 Å². The molecule has 2 aromatic heterocycles. The molecule has 0 bridgehead atoms. The first kappa shape index (κ1) is 16.0. The first-order chi connectivity index (χ1) is 11.3. The predicted octanol–water partition coefficient (Wildman–Crippen LogP) is 3.74. The number of hydrogen-bond acceptors (Lipinski definition) is 5. The number of amides is 2. The van der Waals surface area contributed by atoms with Crippen LogP contribution >= 0.6 is 0 Å². The summed E-state index contributed by atoms with van der Waals surface area (Å²) < 4.78 is 10.6. The van der Waals surface area contributed by atoms with E-state index in [1.165, 1.54) is 6.26 Å². The molecule has 0 atom stereocenters. The van der Waals surface area contributed by atoms with E-state index in [0.717, 1.165) is 11.3 Å². The Morgan fingerprint density at radius 2 is 2.08 bits per heavy atom. The zero-order chi connectivity index (χ0) is 17.3. The molecule has 2 N–H and O–H groups in total. The maximum Gasteiger partial charge on any atom is 0.319 e. The number of nitrogens with one attached hydrogen (secondary N) is 2. The van der Waals surface area contributed by atoms with Crippen molar-refractivity contribution in [2.75, 3.05) is 5.32 Å². The van der Waals surface area contributed by atoms with Gasteiger partial charge in [0, 0.05) is 23.2 Å². The summed E-state index contributed by atoms with van der Waals surface area (Å²) in [5.41, 5.74) is 3.50. The number of carbonyl (C=O) groups excluding carboxylic acids is 1. The Hall–Kier alpha value is -2.83. The normalized spacial score (nSPS) is 11.7. The van der Waals surface area contributed by atoms with Crippen LogP contribution in [0.5, 0.6) is 0 Å². The van der Waals surface area contributed by atoms with Crippen LogP contribution in [0.4, 0.5) is 10.5 Å². The molecule has 7 heteroatoms. The van der Waals surface area contributed by atoms with E-state index in [1.54, 1.807) is 18.2 Å². The second-order valence-electron chi connectivity index (χ2n) is 6.68. The maximum absolute atomic E-state index is 12.0. The SMILES string of the molecule is Cc1nocc1CNC(=O)Nc1ccc2oc(C(C)(C)C)nc2c1. The number of rotatable bonds is 3. The highest BCUT2D eigenvalue weighted by molar-refractivity contribution is 5.91. The fourth-order valence-electron chi connectivity index (χ4n) is 2.16. The number of hydrogen-bond donors (Lipinski definition) is 2. The Morgan fingerprint density at radius 1 is 1.29 bits per heavy atom. The number of aromatic nitrogens is 2. The number of fused-ring (bicyclic) bond motifs is 1. The van der Waals surface area contributed by atoms with Crippen LogP contribution in [0.2, 0.25) is 0 Å². The summed E-state index contributed by atoms with van der Waals surface area (Å²) in [5, 5.41) is 9.31. The van der Waals surface area contributed by atoms with Gasteiger partial charge in [-0.25, -0.2) is 9.78 Å². The second kappa shape index (κ2) is 5.99. The van der Waals surface area contributed by atoms with Gasteiger partial charge >= 0.3 is 6.03 Å². The topological polar surface area (TPSA) is 93.2 Å². The molecule has 0 aliphatic carbocycles. The average molecular weight is 328 g/mol. The van der Waals surface area contributed by atoms with Crippen LogP contribution < -0.4 is 10.6 Å². The predicted molar refractivity (Wildman–Crippen MR) is 89.8 cm³/mol. The zero-order valence-corrected chi connectivity index (χ0v) is 14.1. The molecule has 0 spiro atoms. The number of nitrogens with zero attached hydrogens (tertiary/aromatic N) is 2. The summed E-state index contributed by atoms with van der Waals surface area (Å²) >= 11 is 0. The van der Waals surface area contributed by atoms with Gasteiger partial charge in [0.15, 0.2) is 5.58 Å². The maximum atomic E-state index is 12.0. The van der Waals surface area contributed by atoms with Gasteiger partial charge in [0.25, 0.3) is 0 Å². The van der Waals surface area contributed by atoms with E-state index in [0.29, 0.717) is 29.2 Å². The third kappa shape index (κ3) is 3.40. The number of benzene rings is 1. The summed E-state index contributed by atoms with van der Waals surface area (Å²) in [4.78, 5) is 16.5. The molecular formula is C17H20N4O3. The molecule has 0 radical (unpaired) electrons. The first-order valence-corrected chi connectivity index (χ1v) is 7.69. The molecule has 3 aromatic rings. The molecule has 24 heavy (non-hydrogen) atoms. The van der Waals surface area contributed by atoms with Crippen LogP contribution in [0.25, 0.3) is 11.1 Å². The molecule has 0 aliphatic heterocycles. The third-order valence-corrected chi connectivity index (χ3v) is 3.58. The van der Waals surface area contributed by atoms with E-state index in [9.17, 15) is 4.79 Å². The fourth-order valence-corrected chi connectivity index (χ4v) is 2.16. The molecule has 126 valence electrons. The summed E-state index contributed by atoms with van der Waals surface area (Å²) in [6.07, 6.45) is 1.52. The minimum absolute atomic E-state index is 0.166. The van der Waals surface area contributed by atoms with Gasteiger partial charge in [-0.15, -0.1) is 0 Å². The van der Waals surface area contributed by atoms with E-state index in [-0.39, 0.29) is 11.4 Å². The van der Waals surface area contributed by atoms with Gasteiger partial charge in [-0.05, 0) is 25.1 Å². The lowest BCUT2D eigenvalue weighted by Crippen LogP contribution is -2.28. The minimum Gasteiger partial charge on any atom is -0.440 e. The molecule has 3 rings (SSSR count). The van der Waals surface area contributed by atoms with Gasteiger partial charge in [-0.1, -0.05) is 25.9 Å². The zero-order valence-electron chi connectivity index (χ0n) is 14.1. The van der Waals surface area contributed by atoms with Gasteiger partial charge < -0.3 is 19.6 Å². The number of carbonyl (C=O) groups is 1. The van der Waals surface area contributed by atoms with E-state index < -0.39 is 0 Å². The van der Waals surface area contributed by atoms with Crippen molar-refractivity contribution in [3.63, 3.8) is 0 Å². The number of anilines is 1. The number of urea groups is 1. The molecule has 7 nitrogen and oxygen atoms in total. The van der Waals surface area contributed by atoms with Crippen molar-refractivity contribution < 1.29 is 13.7 Å². The summed E-state index contributed by atoms with van der Waals surface area (Å²) in [6.45, 7) is 8.29. The third-order valence-electron chi connectivity index (χ3n) is 3.58. The van der Waals surface area contributed by atoms with Crippen LogP contribution in [-0.2, 0) is 12.0 Å². The molecule has 0 unspecified atom stereocenters. The first-order valence-electron chi connectivity index (χ1n) is 7.69. The fraction of sp³-hybridized carbons (Fsp3) is 0.353. The van der Waals surface area contributed by atoms with Crippen molar-refractivity contribution >= 4 is 22.8 Å². The standard InChI is InChI=1S/C17H20N4O3/c1-10-11(9-23-21-10)8-18-16(22)19-12-5-6-14-13(7-12)20-15(24-14)17(2,3)4/h5-7,9H,8H2,1-4H3,(H2,18,19,22). The lowest BCUT2D eigenvalue weighted by Gasteiger charge is -2.11. The highest BCUT2D eigenvalue weighted by Crippen LogP contribution is 2.27. The van der Waals surface area contributed by atoms with Gasteiger partial charge in [-0.3, -0.25) is 0 Å².